The number of aromatic hydroxyl groups is 2. The summed E-state index contributed by atoms with van der Waals surface area (Å²) in [4.78, 5) is 28.7. The second-order valence-corrected chi connectivity index (χ2v) is 25.8. The second-order valence-electron chi connectivity index (χ2n) is 25.8. The van der Waals surface area contributed by atoms with E-state index in [1.54, 1.807) is 0 Å². The zero-order valence-corrected chi connectivity index (χ0v) is 68.3. The molecule has 4 radical (unpaired) electrons. The van der Waals surface area contributed by atoms with Crippen LogP contribution in [0.4, 0.5) is 0 Å². The molecule has 0 aliphatic heterocycles. The summed E-state index contributed by atoms with van der Waals surface area (Å²) >= 11 is 0. The molecule has 0 saturated heterocycles. The fraction of sp³-hybridized carbons (Fsp3) is 0.241. The van der Waals surface area contributed by atoms with Gasteiger partial charge < -0.3 is 36.4 Å². The van der Waals surface area contributed by atoms with Gasteiger partial charge in [-0.15, -0.1) is 83.9 Å². The van der Waals surface area contributed by atoms with Gasteiger partial charge >= 0.3 is 0 Å². The Labute approximate surface area is 669 Å². The van der Waals surface area contributed by atoms with Crippen LogP contribution in [0.1, 0.15) is 160 Å². The van der Waals surface area contributed by atoms with Crippen LogP contribution in [-0.2, 0) is 127 Å². The van der Waals surface area contributed by atoms with E-state index in [2.05, 4.69) is 139 Å². The number of phenols is 2. The Morgan fingerprint density at radius 2 is 0.863 bits per heavy atom. The predicted octanol–water partition coefficient (Wildman–Crippen LogP) is 18.4. The summed E-state index contributed by atoms with van der Waals surface area (Å²) in [6, 6.07) is 92.5. The van der Waals surface area contributed by atoms with Gasteiger partial charge in [-0.25, -0.2) is 4.98 Å². The maximum absolute atomic E-state index is 10.6. The molecule has 0 bridgehead atoms. The summed E-state index contributed by atoms with van der Waals surface area (Å²) in [5.41, 5.74) is 27.8. The third-order valence-electron chi connectivity index (χ3n) is 17.7. The third-order valence-corrected chi connectivity index (χ3v) is 17.7. The normalized spacial score (nSPS) is 11.5. The SMILES string of the molecule is CC(c1cccc(-c2[c-]cccc2)n1)c1cccc(C(C)(C)c2[c-]cccc2)n1.CC(c1cccc(Oc2[c-]cccc2)n1)c1cccc(-c2[c-]cccc2)n1.CCc1cccc(C(C)(C)c2cccc(CCN)c2O)n1.Cc1cccc(C(C)(C)c2cccc(CCCN)c2O)n1.[Ir].[Ir].[Sc].[Sc]. The molecule has 12 rings (SSSR count). The maximum atomic E-state index is 10.6. The van der Waals surface area contributed by atoms with Gasteiger partial charge in [0.15, 0.2) is 0 Å². The van der Waals surface area contributed by atoms with Crippen molar-refractivity contribution in [3.05, 3.63) is 346 Å². The number of hydrogen-bond acceptors (Lipinski definition) is 11. The van der Waals surface area contributed by atoms with E-state index in [1.807, 2.05) is 207 Å². The van der Waals surface area contributed by atoms with Gasteiger partial charge in [-0.1, -0.05) is 147 Å². The molecule has 6 heterocycles. The Morgan fingerprint density at radius 3 is 1.34 bits per heavy atom. The van der Waals surface area contributed by atoms with Crippen molar-refractivity contribution in [1.82, 2.24) is 29.9 Å². The van der Waals surface area contributed by atoms with Crippen molar-refractivity contribution in [3.63, 3.8) is 0 Å². The number of rotatable bonds is 20. The Kier molecular flexibility index (Phi) is 34.4. The van der Waals surface area contributed by atoms with Crippen LogP contribution in [0.15, 0.2) is 243 Å². The molecule has 6 aromatic carbocycles. The van der Waals surface area contributed by atoms with E-state index in [9.17, 15) is 10.2 Å². The molecule has 0 spiro atoms. The van der Waals surface area contributed by atoms with Gasteiger partial charge in [0.1, 0.15) is 11.5 Å². The molecule has 0 aliphatic carbocycles. The number of nitrogens with two attached hydrogens (primary N) is 2. The van der Waals surface area contributed by atoms with Crippen LogP contribution >= 0.6 is 0 Å². The van der Waals surface area contributed by atoms with Gasteiger partial charge in [-0.3, -0.25) is 15.0 Å². The number of aromatic nitrogens is 6. The minimum absolute atomic E-state index is 0. The molecule has 0 amide bonds. The van der Waals surface area contributed by atoms with Gasteiger partial charge in [0.05, 0.1) is 17.1 Å². The zero-order valence-electron chi connectivity index (χ0n) is 60.0. The molecule has 2 unspecified atom stereocenters. The molecule has 0 fully saturated rings. The summed E-state index contributed by atoms with van der Waals surface area (Å²) in [5.74, 6) is 2.05. The van der Waals surface area contributed by atoms with Crippen LogP contribution in [0.3, 0.4) is 0 Å². The fourth-order valence-corrected chi connectivity index (χ4v) is 11.6. The smallest absolute Gasteiger partial charge is 0.216 e. The van der Waals surface area contributed by atoms with E-state index in [1.165, 1.54) is 0 Å². The Hall–Kier alpha value is -7.42. The van der Waals surface area contributed by atoms with Crippen molar-refractivity contribution in [3.8, 4) is 45.6 Å². The van der Waals surface area contributed by atoms with Crippen LogP contribution in [-0.4, -0.2) is 53.2 Å². The average Bonchev–Trinajstić information content (AvgIpc) is 0.796. The molecular formula is C87H90Ir2N8O3Sc2-4. The molecule has 15 heteroatoms. The van der Waals surface area contributed by atoms with E-state index in [0.29, 0.717) is 42.6 Å². The number of benzene rings is 6. The number of phenolic OH excluding ortho intramolecular Hbond substituents is 2. The number of pyridine rings is 6. The van der Waals surface area contributed by atoms with Gasteiger partial charge in [-0.05, 0) is 123 Å². The Morgan fingerprint density at radius 1 is 0.422 bits per heavy atom. The molecular weight excluding hydrogens is 1680 g/mol. The molecule has 102 heavy (non-hydrogen) atoms. The molecule has 6 N–H and O–H groups in total. The Bertz CT molecular complexity index is 4500. The van der Waals surface area contributed by atoms with E-state index >= 15 is 0 Å². The maximum Gasteiger partial charge on any atom is 0.216 e. The molecule has 524 valence electrons. The largest absolute Gasteiger partial charge is 0.507 e. The quantitative estimate of drug-likeness (QED) is 0.0534. The molecule has 11 nitrogen and oxygen atoms in total. The minimum atomic E-state index is -0.347. The van der Waals surface area contributed by atoms with Crippen molar-refractivity contribution in [2.75, 3.05) is 13.1 Å². The average molecular weight is 1770 g/mol. The fourth-order valence-electron chi connectivity index (χ4n) is 11.6. The first-order valence-electron chi connectivity index (χ1n) is 33.7. The van der Waals surface area contributed by atoms with E-state index in [4.69, 9.17) is 36.1 Å². The number of para-hydroxylation sites is 3. The van der Waals surface area contributed by atoms with Crippen molar-refractivity contribution in [2.24, 2.45) is 11.5 Å². The minimum Gasteiger partial charge on any atom is -0.507 e. The third kappa shape index (κ3) is 22.5. The zero-order chi connectivity index (χ0) is 69.7. The Balaban J connectivity index is 0.000000244. The topological polar surface area (TPSA) is 179 Å². The van der Waals surface area contributed by atoms with E-state index in [-0.39, 0.29) is 120 Å². The summed E-state index contributed by atoms with van der Waals surface area (Å²) in [5, 5.41) is 21.2. The van der Waals surface area contributed by atoms with Crippen LogP contribution < -0.4 is 16.2 Å². The van der Waals surface area contributed by atoms with Gasteiger partial charge in [-0.2, -0.15) is 54.1 Å². The van der Waals surface area contributed by atoms with Gasteiger partial charge in [0.25, 0.3) is 0 Å². The summed E-state index contributed by atoms with van der Waals surface area (Å²) in [6.45, 7) is 22.3. The molecule has 0 aliphatic rings. The van der Waals surface area contributed by atoms with Crippen LogP contribution in [0.2, 0.25) is 0 Å². The molecule has 0 saturated carbocycles. The molecule has 6 aromatic heterocycles. The molecule has 2 atom stereocenters. The summed E-state index contributed by atoms with van der Waals surface area (Å²) in [7, 11) is 0. The van der Waals surface area contributed by atoms with Gasteiger partial charge in [0, 0.05) is 177 Å². The van der Waals surface area contributed by atoms with E-state index < -0.39 is 0 Å². The second kappa shape index (κ2) is 41.2. The summed E-state index contributed by atoms with van der Waals surface area (Å²) in [6.07, 6.45) is 3.26. The van der Waals surface area contributed by atoms with Crippen molar-refractivity contribution >= 4 is 0 Å². The number of ether oxygens (including phenoxy) is 1. The number of aryl methyl sites for hydroxylation is 3. The van der Waals surface area contributed by atoms with Crippen molar-refractivity contribution in [2.45, 2.75) is 123 Å². The monoisotopic (exact) mass is 1770 g/mol. The standard InChI is InChI=1S/C27H24N2.C24H18N2O.2C18H24N2O.2Ir.2Sc/c1-20(23-16-10-18-25(28-23)21-12-6-4-7-13-21)24-17-11-19-26(29-24)27(2,3)22-14-8-5-9-15-22;1-18(21-14-8-16-23(25-21)19-10-4-2-5-11-19)22-15-9-17-24(26-22)27-20-12-6-3-7-13-20;1-13-7-4-11-16(20-13)18(2,3)15-10-5-8-14(17(15)21)9-6-12-19;1-4-14-8-6-10-16(20-14)18(2,3)15-9-5-7-13(11-12-19)17(15)21;;;;/h4-12,14,16-20H,1-3H3;2-10,12,14-18H,1H3;4-5,7-8,10-11,21H,6,9,12,19H2,1-3H3;5-10,21H,4,11-12,19H2,1-3H3;;;;/q2*-2;;;;;;. The van der Waals surface area contributed by atoms with Gasteiger partial charge in [0.2, 0.25) is 5.88 Å². The first-order valence-corrected chi connectivity index (χ1v) is 33.7. The summed E-state index contributed by atoms with van der Waals surface area (Å²) < 4.78 is 5.81. The first kappa shape index (κ1) is 85.2. The first-order chi connectivity index (χ1) is 47.3. The molecule has 12 aromatic rings. The van der Waals surface area contributed by atoms with Crippen LogP contribution in [0, 0.1) is 31.2 Å². The van der Waals surface area contributed by atoms with Crippen molar-refractivity contribution in [1.29, 1.82) is 0 Å². The van der Waals surface area contributed by atoms with Crippen molar-refractivity contribution < 1.29 is 107 Å². The van der Waals surface area contributed by atoms with E-state index in [0.717, 1.165) is 121 Å². The number of nitrogens with zero attached hydrogens (tertiary/aromatic N) is 6. The van der Waals surface area contributed by atoms with Crippen LogP contribution in [0.5, 0.6) is 23.1 Å². The predicted molar refractivity (Wildman–Crippen MR) is 396 cm³/mol. The van der Waals surface area contributed by atoms with Crippen LogP contribution in [0.25, 0.3) is 22.5 Å². The number of hydrogen-bond donors (Lipinski definition) is 4.